The number of hydrogen-bond donors (Lipinski definition) is 2. The summed E-state index contributed by atoms with van der Waals surface area (Å²) in [4.78, 5) is 35.4. The second-order valence-corrected chi connectivity index (χ2v) is 7.62. The van der Waals surface area contributed by atoms with Crippen LogP contribution in [0.5, 0.6) is 0 Å². The molecule has 0 aliphatic heterocycles. The van der Waals surface area contributed by atoms with Crippen molar-refractivity contribution in [3.8, 4) is 0 Å². The van der Waals surface area contributed by atoms with Gasteiger partial charge in [-0.3, -0.25) is 14.4 Å². The molecule has 3 N–H and O–H groups in total. The van der Waals surface area contributed by atoms with Crippen LogP contribution in [0.1, 0.15) is 18.9 Å². The first kappa shape index (κ1) is 20.6. The van der Waals surface area contributed by atoms with Gasteiger partial charge in [-0.15, -0.1) is 0 Å². The summed E-state index contributed by atoms with van der Waals surface area (Å²) in [6.45, 7) is 1.48. The van der Waals surface area contributed by atoms with Gasteiger partial charge in [-0.1, -0.05) is 42.1 Å². The molecule has 2 amide bonds. The molecule has 0 radical (unpaired) electrons. The Kier molecular flexibility index (Phi) is 9.56. The van der Waals surface area contributed by atoms with Gasteiger partial charge in [0.25, 0.3) is 0 Å². The Bertz CT molecular complexity index is 552. The lowest BCUT2D eigenvalue weighted by Gasteiger charge is -2.20. The molecule has 24 heavy (non-hydrogen) atoms. The molecule has 0 spiro atoms. The number of hydrogen-bond acceptors (Lipinski definition) is 5. The third-order valence-electron chi connectivity index (χ3n) is 3.45. The summed E-state index contributed by atoms with van der Waals surface area (Å²) in [6.07, 6.45) is 2.95. The molecule has 2 atom stereocenters. The average molecular weight is 369 g/mol. The van der Waals surface area contributed by atoms with Gasteiger partial charge in [0.15, 0.2) is 5.12 Å². The first-order chi connectivity index (χ1) is 11.4. The van der Waals surface area contributed by atoms with Gasteiger partial charge in [0.2, 0.25) is 11.8 Å². The maximum absolute atomic E-state index is 12.6. The maximum Gasteiger partial charge on any atom is 0.240 e. The second-order valence-electron chi connectivity index (χ2n) is 5.43. The van der Waals surface area contributed by atoms with Crippen LogP contribution in [-0.2, 0) is 20.8 Å². The van der Waals surface area contributed by atoms with Gasteiger partial charge in [-0.2, -0.15) is 11.8 Å². The molecule has 0 aromatic heterocycles. The van der Waals surface area contributed by atoms with Crippen LogP contribution in [0.2, 0.25) is 0 Å². The fourth-order valence-electron chi connectivity index (χ4n) is 2.15. The highest BCUT2D eigenvalue weighted by Gasteiger charge is 2.24. The van der Waals surface area contributed by atoms with Crippen molar-refractivity contribution < 1.29 is 14.4 Å². The molecule has 0 fully saturated rings. The van der Waals surface area contributed by atoms with Crippen molar-refractivity contribution in [1.29, 1.82) is 0 Å². The minimum Gasteiger partial charge on any atom is -0.368 e. The number of nitrogens with two attached hydrogens (primary N) is 1. The number of benzene rings is 1. The number of amides is 2. The van der Waals surface area contributed by atoms with E-state index in [2.05, 4.69) is 5.32 Å². The third-order valence-corrected chi connectivity index (χ3v) is 5.07. The average Bonchev–Trinajstić information content (AvgIpc) is 2.55. The van der Waals surface area contributed by atoms with E-state index in [1.54, 1.807) is 11.8 Å². The highest BCUT2D eigenvalue weighted by atomic mass is 32.2. The number of carbonyl (C=O) groups is 3. The lowest BCUT2D eigenvalue weighted by Crippen LogP contribution is -2.47. The Morgan fingerprint density at radius 3 is 2.42 bits per heavy atom. The summed E-state index contributed by atoms with van der Waals surface area (Å²) in [5.41, 5.74) is 6.39. The summed E-state index contributed by atoms with van der Waals surface area (Å²) in [5, 5.41) is 2.71. The topological polar surface area (TPSA) is 89.3 Å². The van der Waals surface area contributed by atoms with Crippen LogP contribution in [-0.4, -0.2) is 40.7 Å². The molecular weight excluding hydrogens is 344 g/mol. The van der Waals surface area contributed by atoms with E-state index in [0.717, 1.165) is 23.1 Å². The van der Waals surface area contributed by atoms with E-state index in [9.17, 15) is 14.4 Å². The van der Waals surface area contributed by atoms with Gasteiger partial charge >= 0.3 is 0 Å². The molecule has 0 bridgehead atoms. The molecule has 1 aromatic carbocycles. The second kappa shape index (κ2) is 11.1. The highest BCUT2D eigenvalue weighted by molar-refractivity contribution is 8.13. The zero-order chi connectivity index (χ0) is 17.9. The Morgan fingerprint density at radius 1 is 1.21 bits per heavy atom. The molecule has 5 nitrogen and oxygen atoms in total. The normalized spacial score (nSPS) is 13.1. The standard InChI is InChI=1S/C17H24N2O3S2/c1-12(20)24-11-14(10-13-6-4-3-5-7-13)17(22)19-15(16(18)21)8-9-23-2/h3-7,14-15H,8-11H2,1-2H3,(H2,18,21)(H,19,22)/t14-,15-/m0/s1. The first-order valence-corrected chi connectivity index (χ1v) is 10.1. The van der Waals surface area contributed by atoms with Crippen LogP contribution in [0.3, 0.4) is 0 Å². The van der Waals surface area contributed by atoms with Gasteiger partial charge in [-0.25, -0.2) is 0 Å². The van der Waals surface area contributed by atoms with E-state index in [0.29, 0.717) is 18.6 Å². The fourth-order valence-corrected chi connectivity index (χ4v) is 3.33. The number of rotatable bonds is 10. The maximum atomic E-state index is 12.6. The van der Waals surface area contributed by atoms with Crippen LogP contribution in [0.4, 0.5) is 0 Å². The van der Waals surface area contributed by atoms with Gasteiger partial charge < -0.3 is 11.1 Å². The third kappa shape index (κ3) is 7.88. The molecular formula is C17H24N2O3S2. The summed E-state index contributed by atoms with van der Waals surface area (Å²) in [6, 6.07) is 8.94. The first-order valence-electron chi connectivity index (χ1n) is 7.70. The molecule has 1 rings (SSSR count). The van der Waals surface area contributed by atoms with Crippen LogP contribution in [0.25, 0.3) is 0 Å². The van der Waals surface area contributed by atoms with Gasteiger partial charge in [0.05, 0.1) is 5.92 Å². The van der Waals surface area contributed by atoms with Gasteiger partial charge in [-0.05, 0) is 30.4 Å². The Morgan fingerprint density at radius 2 is 1.88 bits per heavy atom. The molecule has 132 valence electrons. The zero-order valence-electron chi connectivity index (χ0n) is 14.0. The monoisotopic (exact) mass is 368 g/mol. The number of primary amides is 1. The lowest BCUT2D eigenvalue weighted by atomic mass is 9.99. The number of thioether (sulfide) groups is 2. The number of carbonyl (C=O) groups excluding carboxylic acids is 3. The van der Waals surface area contributed by atoms with E-state index in [1.165, 1.54) is 6.92 Å². The fraction of sp³-hybridized carbons (Fsp3) is 0.471. The lowest BCUT2D eigenvalue weighted by molar-refractivity contribution is -0.129. The van der Waals surface area contributed by atoms with Gasteiger partial charge in [0, 0.05) is 12.7 Å². The quantitative estimate of drug-likeness (QED) is 0.658. The summed E-state index contributed by atoms with van der Waals surface area (Å²) >= 11 is 2.71. The predicted molar refractivity (Wildman–Crippen MR) is 101 cm³/mol. The Balaban J connectivity index is 2.77. The van der Waals surface area contributed by atoms with Crippen LogP contribution >= 0.6 is 23.5 Å². The summed E-state index contributed by atoms with van der Waals surface area (Å²) in [5.74, 6) is -0.0474. The van der Waals surface area contributed by atoms with Crippen molar-refractivity contribution >= 4 is 40.5 Å². The van der Waals surface area contributed by atoms with Crippen molar-refractivity contribution in [1.82, 2.24) is 5.32 Å². The molecule has 0 saturated heterocycles. The SMILES string of the molecule is CSCC[C@H](NC(=O)[C@H](CSC(C)=O)Cc1ccccc1)C(N)=O. The van der Waals surface area contributed by atoms with E-state index >= 15 is 0 Å². The van der Waals surface area contributed by atoms with Crippen LogP contribution in [0, 0.1) is 5.92 Å². The van der Waals surface area contributed by atoms with Crippen molar-refractivity contribution in [2.45, 2.75) is 25.8 Å². The molecule has 0 aliphatic rings. The summed E-state index contributed by atoms with van der Waals surface area (Å²) in [7, 11) is 0. The van der Waals surface area contributed by atoms with Crippen molar-refractivity contribution in [3.05, 3.63) is 35.9 Å². The van der Waals surface area contributed by atoms with E-state index in [4.69, 9.17) is 5.73 Å². The molecule has 0 aliphatic carbocycles. The van der Waals surface area contributed by atoms with Crippen LogP contribution < -0.4 is 11.1 Å². The molecule has 0 unspecified atom stereocenters. The van der Waals surface area contributed by atoms with Crippen molar-refractivity contribution in [2.24, 2.45) is 11.7 Å². The Hall–Kier alpha value is -1.47. The van der Waals surface area contributed by atoms with Gasteiger partial charge in [0.1, 0.15) is 6.04 Å². The number of nitrogens with one attached hydrogen (secondary N) is 1. The minimum atomic E-state index is -0.675. The smallest absolute Gasteiger partial charge is 0.240 e. The predicted octanol–water partition coefficient (Wildman–Crippen LogP) is 1.85. The van der Waals surface area contributed by atoms with E-state index in [1.807, 2.05) is 36.6 Å². The summed E-state index contributed by atoms with van der Waals surface area (Å²) < 4.78 is 0. The zero-order valence-corrected chi connectivity index (χ0v) is 15.6. The van der Waals surface area contributed by atoms with Crippen molar-refractivity contribution in [2.75, 3.05) is 17.8 Å². The molecule has 0 heterocycles. The molecule has 1 aromatic rings. The molecule has 0 saturated carbocycles. The highest BCUT2D eigenvalue weighted by Crippen LogP contribution is 2.16. The Labute approximate surface area is 151 Å². The van der Waals surface area contributed by atoms with E-state index in [-0.39, 0.29) is 11.0 Å². The minimum absolute atomic E-state index is 0.0327. The van der Waals surface area contributed by atoms with Crippen LogP contribution in [0.15, 0.2) is 30.3 Å². The van der Waals surface area contributed by atoms with E-state index < -0.39 is 17.9 Å². The largest absolute Gasteiger partial charge is 0.368 e. The van der Waals surface area contributed by atoms with Crippen molar-refractivity contribution in [3.63, 3.8) is 0 Å². The molecule has 7 heteroatoms.